The van der Waals surface area contributed by atoms with Gasteiger partial charge in [0.05, 0.1) is 0 Å². The summed E-state index contributed by atoms with van der Waals surface area (Å²) in [6.07, 6.45) is 1.86. The summed E-state index contributed by atoms with van der Waals surface area (Å²) in [5.41, 5.74) is 2.53. The van der Waals surface area contributed by atoms with E-state index in [4.69, 9.17) is 0 Å². The number of rotatable bonds is 6. The van der Waals surface area contributed by atoms with E-state index in [0.29, 0.717) is 0 Å². The molecule has 19 heavy (non-hydrogen) atoms. The molecule has 2 aromatic rings. The summed E-state index contributed by atoms with van der Waals surface area (Å²) in [6.45, 7) is 7.05. The van der Waals surface area contributed by atoms with Gasteiger partial charge in [-0.1, -0.05) is 30.3 Å². The van der Waals surface area contributed by atoms with Gasteiger partial charge in [-0.25, -0.2) is 4.98 Å². The highest BCUT2D eigenvalue weighted by molar-refractivity contribution is 5.54. The van der Waals surface area contributed by atoms with E-state index in [9.17, 15) is 0 Å². The lowest BCUT2D eigenvalue weighted by Gasteiger charge is -2.23. The van der Waals surface area contributed by atoms with Gasteiger partial charge >= 0.3 is 0 Å². The first-order valence-corrected chi connectivity index (χ1v) is 6.82. The Kier molecular flexibility index (Phi) is 4.78. The lowest BCUT2D eigenvalue weighted by atomic mass is 10.2. The molecular weight excluding hydrogens is 234 g/mol. The molecule has 0 bridgehead atoms. The van der Waals surface area contributed by atoms with Gasteiger partial charge in [0.15, 0.2) is 0 Å². The van der Waals surface area contributed by atoms with Gasteiger partial charge in [-0.2, -0.15) is 0 Å². The Morgan fingerprint density at radius 1 is 1.11 bits per heavy atom. The van der Waals surface area contributed by atoms with Crippen molar-refractivity contribution in [1.82, 2.24) is 4.98 Å². The summed E-state index contributed by atoms with van der Waals surface area (Å²) < 4.78 is 0. The second kappa shape index (κ2) is 6.78. The summed E-state index contributed by atoms with van der Waals surface area (Å²) in [6, 6.07) is 14.7. The maximum atomic E-state index is 4.32. The summed E-state index contributed by atoms with van der Waals surface area (Å²) in [5.74, 6) is 0.937. The Bertz CT molecular complexity index is 496. The van der Waals surface area contributed by atoms with Crippen molar-refractivity contribution in [1.29, 1.82) is 0 Å². The van der Waals surface area contributed by atoms with Crippen molar-refractivity contribution in [3.63, 3.8) is 0 Å². The molecule has 1 aromatic heterocycles. The summed E-state index contributed by atoms with van der Waals surface area (Å²) >= 11 is 0. The van der Waals surface area contributed by atoms with Crippen LogP contribution in [0.1, 0.15) is 19.4 Å². The Morgan fingerprint density at radius 2 is 1.89 bits per heavy atom. The molecule has 0 fully saturated rings. The van der Waals surface area contributed by atoms with Gasteiger partial charge in [0.25, 0.3) is 0 Å². The SMILES string of the molecule is CCNc1cc(N(CC)Cc2ccccc2)ccn1. The third kappa shape index (κ3) is 3.71. The molecule has 0 spiro atoms. The molecule has 100 valence electrons. The number of hydrogen-bond acceptors (Lipinski definition) is 3. The zero-order chi connectivity index (χ0) is 13.5. The van der Waals surface area contributed by atoms with Gasteiger partial charge in [-0.15, -0.1) is 0 Å². The highest BCUT2D eigenvalue weighted by atomic mass is 15.1. The second-order valence-electron chi connectivity index (χ2n) is 4.43. The predicted octanol–water partition coefficient (Wildman–Crippen LogP) is 3.54. The van der Waals surface area contributed by atoms with Crippen LogP contribution in [0.4, 0.5) is 11.5 Å². The van der Waals surface area contributed by atoms with Crippen LogP contribution >= 0.6 is 0 Å². The molecule has 0 aliphatic rings. The quantitative estimate of drug-likeness (QED) is 0.855. The fourth-order valence-electron chi connectivity index (χ4n) is 2.08. The molecule has 0 aliphatic heterocycles. The van der Waals surface area contributed by atoms with Crippen molar-refractivity contribution >= 4 is 11.5 Å². The summed E-state index contributed by atoms with van der Waals surface area (Å²) in [5, 5.41) is 3.25. The topological polar surface area (TPSA) is 28.2 Å². The molecule has 3 nitrogen and oxygen atoms in total. The number of aromatic nitrogens is 1. The van der Waals surface area contributed by atoms with E-state index in [1.54, 1.807) is 0 Å². The van der Waals surface area contributed by atoms with Crippen molar-refractivity contribution < 1.29 is 0 Å². The normalized spacial score (nSPS) is 10.2. The molecular formula is C16H21N3. The minimum absolute atomic E-state index is 0.890. The molecule has 0 saturated heterocycles. The number of hydrogen-bond donors (Lipinski definition) is 1. The van der Waals surface area contributed by atoms with Gasteiger partial charge in [-0.05, 0) is 25.5 Å². The minimum atomic E-state index is 0.890. The number of anilines is 2. The van der Waals surface area contributed by atoms with Crippen molar-refractivity contribution in [3.05, 3.63) is 54.2 Å². The molecule has 2 rings (SSSR count). The number of benzene rings is 1. The van der Waals surface area contributed by atoms with Crippen LogP contribution in [-0.4, -0.2) is 18.1 Å². The molecule has 0 radical (unpaired) electrons. The van der Waals surface area contributed by atoms with E-state index in [1.165, 1.54) is 11.3 Å². The van der Waals surface area contributed by atoms with Crippen LogP contribution < -0.4 is 10.2 Å². The predicted molar refractivity (Wildman–Crippen MR) is 81.6 cm³/mol. The Morgan fingerprint density at radius 3 is 2.58 bits per heavy atom. The van der Waals surface area contributed by atoms with E-state index in [0.717, 1.165) is 25.5 Å². The van der Waals surface area contributed by atoms with Crippen molar-refractivity contribution in [2.24, 2.45) is 0 Å². The maximum Gasteiger partial charge on any atom is 0.127 e. The lowest BCUT2D eigenvalue weighted by molar-refractivity contribution is 0.830. The third-order valence-corrected chi connectivity index (χ3v) is 3.06. The second-order valence-corrected chi connectivity index (χ2v) is 4.43. The first kappa shape index (κ1) is 13.4. The third-order valence-electron chi connectivity index (χ3n) is 3.06. The molecule has 0 unspecified atom stereocenters. The van der Waals surface area contributed by atoms with E-state index < -0.39 is 0 Å². The largest absolute Gasteiger partial charge is 0.370 e. The first-order valence-electron chi connectivity index (χ1n) is 6.82. The van der Waals surface area contributed by atoms with E-state index in [2.05, 4.69) is 71.5 Å². The van der Waals surface area contributed by atoms with Crippen LogP contribution in [0.3, 0.4) is 0 Å². The van der Waals surface area contributed by atoms with Crippen molar-refractivity contribution in [3.8, 4) is 0 Å². The van der Waals surface area contributed by atoms with Crippen LogP contribution in [0.5, 0.6) is 0 Å². The van der Waals surface area contributed by atoms with Crippen molar-refractivity contribution in [2.45, 2.75) is 20.4 Å². The fraction of sp³-hybridized carbons (Fsp3) is 0.312. The number of nitrogens with zero attached hydrogens (tertiary/aromatic N) is 2. The zero-order valence-electron chi connectivity index (χ0n) is 11.6. The first-order chi connectivity index (χ1) is 9.33. The average molecular weight is 255 g/mol. The number of pyridine rings is 1. The summed E-state index contributed by atoms with van der Waals surface area (Å²) in [4.78, 5) is 6.66. The molecule has 0 saturated carbocycles. The van der Waals surface area contributed by atoms with Crippen molar-refractivity contribution in [2.75, 3.05) is 23.3 Å². The average Bonchev–Trinajstić information content (AvgIpc) is 2.46. The fourth-order valence-corrected chi connectivity index (χ4v) is 2.08. The molecule has 3 heteroatoms. The Hall–Kier alpha value is -2.03. The standard InChI is InChI=1S/C16H21N3/c1-3-17-16-12-15(10-11-18-16)19(4-2)13-14-8-6-5-7-9-14/h5-12H,3-4,13H2,1-2H3,(H,17,18). The highest BCUT2D eigenvalue weighted by Gasteiger charge is 2.06. The van der Waals surface area contributed by atoms with Gasteiger partial charge in [0.2, 0.25) is 0 Å². The van der Waals surface area contributed by atoms with E-state index in [1.807, 2.05) is 6.20 Å². The lowest BCUT2D eigenvalue weighted by Crippen LogP contribution is -2.22. The van der Waals surface area contributed by atoms with Gasteiger partial charge in [0.1, 0.15) is 5.82 Å². The maximum absolute atomic E-state index is 4.32. The molecule has 0 aliphatic carbocycles. The minimum Gasteiger partial charge on any atom is -0.370 e. The van der Waals surface area contributed by atoms with Crippen LogP contribution in [0, 0.1) is 0 Å². The van der Waals surface area contributed by atoms with E-state index >= 15 is 0 Å². The van der Waals surface area contributed by atoms with Gasteiger partial charge in [0, 0.05) is 37.6 Å². The Labute approximate surface area is 115 Å². The summed E-state index contributed by atoms with van der Waals surface area (Å²) in [7, 11) is 0. The van der Waals surface area contributed by atoms with Crippen LogP contribution in [0.2, 0.25) is 0 Å². The van der Waals surface area contributed by atoms with E-state index in [-0.39, 0.29) is 0 Å². The molecule has 0 amide bonds. The van der Waals surface area contributed by atoms with Crippen LogP contribution in [-0.2, 0) is 6.54 Å². The van der Waals surface area contributed by atoms with Crippen LogP contribution in [0.25, 0.3) is 0 Å². The smallest absolute Gasteiger partial charge is 0.127 e. The van der Waals surface area contributed by atoms with Gasteiger partial charge < -0.3 is 10.2 Å². The zero-order valence-corrected chi connectivity index (χ0v) is 11.6. The Balaban J connectivity index is 2.15. The van der Waals surface area contributed by atoms with Crippen LogP contribution in [0.15, 0.2) is 48.7 Å². The molecule has 1 N–H and O–H groups in total. The number of nitrogens with one attached hydrogen (secondary N) is 1. The van der Waals surface area contributed by atoms with Gasteiger partial charge in [-0.3, -0.25) is 0 Å². The highest BCUT2D eigenvalue weighted by Crippen LogP contribution is 2.19. The molecule has 0 atom stereocenters. The molecule has 1 aromatic carbocycles. The molecule has 1 heterocycles. The monoisotopic (exact) mass is 255 g/mol.